The molecule has 1 amide bonds. The van der Waals surface area contributed by atoms with Crippen LogP contribution in [-0.4, -0.2) is 31.7 Å². The molecule has 0 spiro atoms. The van der Waals surface area contributed by atoms with Gasteiger partial charge in [-0.05, 0) is 61.4 Å². The van der Waals surface area contributed by atoms with Gasteiger partial charge in [-0.3, -0.25) is 4.79 Å². The highest BCUT2D eigenvalue weighted by atomic mass is 32.2. The first-order valence-electron chi connectivity index (χ1n) is 10.4. The van der Waals surface area contributed by atoms with Crippen molar-refractivity contribution in [3.63, 3.8) is 0 Å². The van der Waals surface area contributed by atoms with Crippen LogP contribution >= 0.6 is 0 Å². The number of para-hydroxylation sites is 1. The Morgan fingerprint density at radius 3 is 2.48 bits per heavy atom. The first kappa shape index (κ1) is 21.5. The maximum atomic E-state index is 13.0. The Kier molecular flexibility index (Phi) is 6.75. The van der Waals surface area contributed by atoms with E-state index in [1.54, 1.807) is 12.1 Å². The summed E-state index contributed by atoms with van der Waals surface area (Å²) in [5.41, 5.74) is 3.00. The number of hydrogen-bond donors (Lipinski definition) is 1. The van der Waals surface area contributed by atoms with Crippen LogP contribution in [0.15, 0.2) is 47.4 Å². The normalized spacial score (nSPS) is 16.4. The van der Waals surface area contributed by atoms with Crippen molar-refractivity contribution in [1.82, 2.24) is 4.31 Å². The van der Waals surface area contributed by atoms with E-state index in [-0.39, 0.29) is 10.8 Å². The molecule has 1 aliphatic rings. The number of aryl methyl sites for hydroxylation is 1. The third-order valence-electron chi connectivity index (χ3n) is 5.76. The number of piperidine rings is 1. The Bertz CT molecular complexity index is 979. The second kappa shape index (κ2) is 9.09. The van der Waals surface area contributed by atoms with Crippen molar-refractivity contribution in [3.05, 3.63) is 59.2 Å². The summed E-state index contributed by atoms with van der Waals surface area (Å²) in [6, 6.07) is 12.6. The summed E-state index contributed by atoms with van der Waals surface area (Å²) in [6.45, 7) is 7.15. The van der Waals surface area contributed by atoms with Crippen molar-refractivity contribution in [2.45, 2.75) is 57.3 Å². The molecule has 5 nitrogen and oxygen atoms in total. The molecule has 1 fully saturated rings. The lowest BCUT2D eigenvalue weighted by molar-refractivity contribution is 0.102. The average Bonchev–Trinajstić information content (AvgIpc) is 2.74. The third kappa shape index (κ3) is 4.70. The first-order valence-corrected chi connectivity index (χ1v) is 11.8. The summed E-state index contributed by atoms with van der Waals surface area (Å²) in [5.74, 6) is 0.0346. The van der Waals surface area contributed by atoms with E-state index in [9.17, 15) is 13.2 Å². The van der Waals surface area contributed by atoms with Gasteiger partial charge < -0.3 is 5.32 Å². The first-order chi connectivity index (χ1) is 13.8. The van der Waals surface area contributed by atoms with Crippen LogP contribution in [0, 0.1) is 6.92 Å². The van der Waals surface area contributed by atoms with Gasteiger partial charge in [-0.1, -0.05) is 44.5 Å². The number of carbonyl (C=O) groups excluding carboxylic acids is 1. The van der Waals surface area contributed by atoms with E-state index in [0.29, 0.717) is 24.6 Å². The number of carbonyl (C=O) groups is 1. The van der Waals surface area contributed by atoms with Crippen LogP contribution in [0.4, 0.5) is 5.69 Å². The molecule has 3 rings (SSSR count). The summed E-state index contributed by atoms with van der Waals surface area (Å²) < 4.78 is 27.5. The minimum Gasteiger partial charge on any atom is -0.322 e. The monoisotopic (exact) mass is 414 g/mol. The Labute approximate surface area is 174 Å². The fourth-order valence-corrected chi connectivity index (χ4v) is 5.25. The molecular weight excluding hydrogens is 384 g/mol. The van der Waals surface area contributed by atoms with E-state index in [1.807, 2.05) is 31.2 Å². The number of nitrogens with zero attached hydrogens (tertiary/aromatic N) is 1. The molecule has 1 aliphatic heterocycles. The quantitative estimate of drug-likeness (QED) is 0.728. The lowest BCUT2D eigenvalue weighted by Gasteiger charge is -2.26. The summed E-state index contributed by atoms with van der Waals surface area (Å²) in [5, 5.41) is 2.99. The molecule has 6 heteroatoms. The predicted octanol–water partition coefficient (Wildman–Crippen LogP) is 4.94. The van der Waals surface area contributed by atoms with Gasteiger partial charge in [0.05, 0.1) is 4.90 Å². The number of anilines is 1. The Morgan fingerprint density at radius 2 is 1.79 bits per heavy atom. The van der Waals surface area contributed by atoms with Crippen LogP contribution in [0.2, 0.25) is 0 Å². The molecule has 0 saturated carbocycles. The van der Waals surface area contributed by atoms with Crippen molar-refractivity contribution in [2.75, 3.05) is 18.4 Å². The van der Waals surface area contributed by atoms with Crippen LogP contribution in [-0.2, 0) is 10.0 Å². The highest BCUT2D eigenvalue weighted by Crippen LogP contribution is 2.28. The molecule has 2 aromatic rings. The topological polar surface area (TPSA) is 66.5 Å². The zero-order valence-electron chi connectivity index (χ0n) is 17.4. The zero-order valence-corrected chi connectivity index (χ0v) is 18.3. The molecule has 156 valence electrons. The molecule has 0 unspecified atom stereocenters. The van der Waals surface area contributed by atoms with Gasteiger partial charge in [0.25, 0.3) is 5.91 Å². The molecule has 29 heavy (non-hydrogen) atoms. The SMILES string of the molecule is CC[C@@H](C)c1ccccc1NC(=O)c1cc(S(=O)(=O)N2CCCCC2)ccc1C. The van der Waals surface area contributed by atoms with Gasteiger partial charge in [0.2, 0.25) is 10.0 Å². The van der Waals surface area contributed by atoms with Crippen LogP contribution in [0.1, 0.15) is 66.9 Å². The van der Waals surface area contributed by atoms with Crippen LogP contribution in [0.3, 0.4) is 0 Å². The highest BCUT2D eigenvalue weighted by molar-refractivity contribution is 7.89. The fourth-order valence-electron chi connectivity index (χ4n) is 3.71. The minimum atomic E-state index is -3.58. The van der Waals surface area contributed by atoms with Crippen LogP contribution in [0.5, 0.6) is 0 Å². The Morgan fingerprint density at radius 1 is 1.10 bits per heavy atom. The second-order valence-electron chi connectivity index (χ2n) is 7.79. The number of benzene rings is 2. The van der Waals surface area contributed by atoms with E-state index >= 15 is 0 Å². The average molecular weight is 415 g/mol. The number of hydrogen-bond acceptors (Lipinski definition) is 3. The van der Waals surface area contributed by atoms with Crippen LogP contribution in [0.25, 0.3) is 0 Å². The molecule has 2 aromatic carbocycles. The van der Waals surface area contributed by atoms with Gasteiger partial charge in [0.1, 0.15) is 0 Å². The molecule has 0 radical (unpaired) electrons. The van der Waals surface area contributed by atoms with Gasteiger partial charge >= 0.3 is 0 Å². The van der Waals surface area contributed by atoms with Crippen molar-refractivity contribution < 1.29 is 13.2 Å². The van der Waals surface area contributed by atoms with Gasteiger partial charge in [-0.25, -0.2) is 8.42 Å². The number of rotatable bonds is 6. The lowest BCUT2D eigenvalue weighted by Crippen LogP contribution is -2.35. The molecule has 1 atom stereocenters. The smallest absolute Gasteiger partial charge is 0.255 e. The summed E-state index contributed by atoms with van der Waals surface area (Å²) in [6.07, 6.45) is 3.79. The zero-order chi connectivity index (χ0) is 21.0. The Hall–Kier alpha value is -2.18. The molecule has 0 bridgehead atoms. The predicted molar refractivity (Wildman–Crippen MR) is 117 cm³/mol. The summed E-state index contributed by atoms with van der Waals surface area (Å²) in [4.78, 5) is 13.2. The third-order valence-corrected chi connectivity index (χ3v) is 7.65. The lowest BCUT2D eigenvalue weighted by atomic mass is 9.96. The van der Waals surface area contributed by atoms with Gasteiger partial charge in [-0.15, -0.1) is 0 Å². The standard InChI is InChI=1S/C23H30N2O3S/c1-4-17(2)20-10-6-7-11-22(20)24-23(26)21-16-19(13-12-18(21)3)29(27,28)25-14-8-5-9-15-25/h6-7,10-13,16-17H,4-5,8-9,14-15H2,1-3H3,(H,24,26)/t17-/m1/s1. The largest absolute Gasteiger partial charge is 0.322 e. The molecule has 0 aliphatic carbocycles. The summed E-state index contributed by atoms with van der Waals surface area (Å²) >= 11 is 0. The van der Waals surface area contributed by atoms with Crippen molar-refractivity contribution in [1.29, 1.82) is 0 Å². The van der Waals surface area contributed by atoms with Crippen molar-refractivity contribution >= 4 is 21.6 Å². The van der Waals surface area contributed by atoms with Crippen LogP contribution < -0.4 is 5.32 Å². The molecular formula is C23H30N2O3S. The highest BCUT2D eigenvalue weighted by Gasteiger charge is 2.27. The number of amides is 1. The van der Waals surface area contributed by atoms with E-state index in [2.05, 4.69) is 19.2 Å². The molecule has 1 heterocycles. The summed E-state index contributed by atoms with van der Waals surface area (Å²) in [7, 11) is -3.58. The second-order valence-corrected chi connectivity index (χ2v) is 9.73. The molecule has 1 saturated heterocycles. The maximum absolute atomic E-state index is 13.0. The minimum absolute atomic E-state index is 0.186. The number of nitrogens with one attached hydrogen (secondary N) is 1. The van der Waals surface area contributed by atoms with Gasteiger partial charge in [0.15, 0.2) is 0 Å². The van der Waals surface area contributed by atoms with Gasteiger partial charge in [-0.2, -0.15) is 4.31 Å². The maximum Gasteiger partial charge on any atom is 0.255 e. The van der Waals surface area contributed by atoms with E-state index in [1.165, 1.54) is 10.4 Å². The van der Waals surface area contributed by atoms with E-state index in [4.69, 9.17) is 0 Å². The van der Waals surface area contributed by atoms with Gasteiger partial charge in [0, 0.05) is 24.3 Å². The van der Waals surface area contributed by atoms with E-state index < -0.39 is 10.0 Å². The number of sulfonamides is 1. The van der Waals surface area contributed by atoms with E-state index in [0.717, 1.165) is 42.5 Å². The van der Waals surface area contributed by atoms with Crippen molar-refractivity contribution in [3.8, 4) is 0 Å². The Balaban J connectivity index is 1.90. The molecule has 1 N–H and O–H groups in total. The fraction of sp³-hybridized carbons (Fsp3) is 0.435. The van der Waals surface area contributed by atoms with Crippen molar-refractivity contribution in [2.24, 2.45) is 0 Å². The molecule has 0 aromatic heterocycles.